The summed E-state index contributed by atoms with van der Waals surface area (Å²) < 4.78 is 6.50. The fraction of sp³-hybridized carbons (Fsp3) is 0.538. The van der Waals surface area contributed by atoms with Crippen molar-refractivity contribution >= 4 is 36.3 Å². The fourth-order valence-corrected chi connectivity index (χ4v) is 9.28. The average molecular weight is 696 g/mol. The molecule has 0 radical (unpaired) electrons. The van der Waals surface area contributed by atoms with Gasteiger partial charge in [0.05, 0.1) is 44.6 Å². The largest absolute Gasteiger partial charge is 0.462 e. The monoisotopic (exact) mass is 695 g/mol. The number of anilines is 2. The summed E-state index contributed by atoms with van der Waals surface area (Å²) in [6.45, 7) is 20.1. The van der Waals surface area contributed by atoms with E-state index in [1.165, 1.54) is 22.5 Å². The van der Waals surface area contributed by atoms with Gasteiger partial charge in [-0.25, -0.2) is 0 Å². The molecule has 3 aliphatic rings. The molecule has 6 rings (SSSR count). The summed E-state index contributed by atoms with van der Waals surface area (Å²) in [5.74, 6) is 0.692. The Labute approximate surface area is 298 Å². The third-order valence-electron chi connectivity index (χ3n) is 11.8. The topological polar surface area (TPSA) is 109 Å². The Morgan fingerprint density at radius 2 is 1.88 bits per heavy atom. The predicted octanol–water partition coefficient (Wildman–Crippen LogP) is 5.56. The Morgan fingerprint density at radius 1 is 1.10 bits per heavy atom. The number of nitrogens with zero attached hydrogens (tertiary/aromatic N) is 7. The first-order valence-corrected chi connectivity index (χ1v) is 21.2. The number of ether oxygens (including phenoxy) is 1. The summed E-state index contributed by atoms with van der Waals surface area (Å²) in [4.78, 5) is 31.6. The van der Waals surface area contributed by atoms with E-state index in [-0.39, 0.29) is 35.2 Å². The number of aromatic nitrogens is 2. The van der Waals surface area contributed by atoms with E-state index in [2.05, 4.69) is 104 Å². The van der Waals surface area contributed by atoms with Gasteiger partial charge in [0.1, 0.15) is 12.4 Å². The molecule has 1 aromatic heterocycles. The molecule has 3 aliphatic heterocycles. The van der Waals surface area contributed by atoms with E-state index < -0.39 is 8.07 Å². The van der Waals surface area contributed by atoms with Gasteiger partial charge in [-0.05, 0) is 48.4 Å². The molecular formula is C39H53N7O3Si. The van der Waals surface area contributed by atoms with E-state index in [0.717, 1.165) is 49.4 Å². The zero-order valence-corrected chi connectivity index (χ0v) is 31.4. The number of hydrogen-bond acceptors (Lipinski definition) is 9. The molecule has 3 atom stereocenters. The zero-order chi connectivity index (χ0) is 35.6. The van der Waals surface area contributed by atoms with Gasteiger partial charge in [-0.3, -0.25) is 9.69 Å². The van der Waals surface area contributed by atoms with Crippen molar-refractivity contribution in [2.75, 3.05) is 55.7 Å². The lowest BCUT2D eigenvalue weighted by Gasteiger charge is -2.42. The number of carbonyl (C=O) groups excluding carboxylic acids is 1. The molecule has 2 aromatic carbocycles. The minimum atomic E-state index is -1.93. The van der Waals surface area contributed by atoms with Crippen LogP contribution < -0.4 is 14.5 Å². The minimum Gasteiger partial charge on any atom is -0.462 e. The lowest BCUT2D eigenvalue weighted by Crippen LogP contribution is -2.55. The first kappa shape index (κ1) is 35.8. The second-order valence-electron chi connectivity index (χ2n) is 15.7. The van der Waals surface area contributed by atoms with Crippen molar-refractivity contribution < 1.29 is 14.6 Å². The molecule has 0 bridgehead atoms. The molecule has 10 nitrogen and oxygen atoms in total. The molecule has 1 N–H and O–H groups in total. The highest BCUT2D eigenvalue weighted by Crippen LogP contribution is 2.39. The molecule has 2 unspecified atom stereocenters. The number of nitriles is 1. The summed E-state index contributed by atoms with van der Waals surface area (Å²) in [5, 5.41) is 23.5. The number of rotatable bonds is 10. The van der Waals surface area contributed by atoms with Gasteiger partial charge in [-0.15, -0.1) is 0 Å². The predicted molar refractivity (Wildman–Crippen MR) is 202 cm³/mol. The van der Waals surface area contributed by atoms with Crippen LogP contribution in [0.5, 0.6) is 6.01 Å². The number of likely N-dealkylation sites (tertiary alicyclic amines) is 1. The SMILES string of the molecule is C=CC(=O)N1CCN(c2nc(OC[C@H]3CCCN3CC(O)[Si](C)(C)C(C)(C)C)nc3c2CCN(c2cccc4ccccc24)C3)CC1CC#N. The second kappa shape index (κ2) is 14.7. The number of β-amino-alcohol motifs (C(OH)–C–C–N with tert-alkyl or cyclic N) is 1. The maximum absolute atomic E-state index is 12.7. The Kier molecular flexibility index (Phi) is 10.5. The fourth-order valence-electron chi connectivity index (χ4n) is 7.58. The Balaban J connectivity index is 1.28. The Hall–Kier alpha value is -3.98. The van der Waals surface area contributed by atoms with Gasteiger partial charge in [0.15, 0.2) is 0 Å². The highest BCUT2D eigenvalue weighted by atomic mass is 28.3. The number of aliphatic hydroxyl groups excluding tert-OH is 1. The number of hydrogen-bond donors (Lipinski definition) is 1. The van der Waals surface area contributed by atoms with Gasteiger partial charge in [-0.2, -0.15) is 15.2 Å². The summed E-state index contributed by atoms with van der Waals surface area (Å²) in [6, 6.07) is 17.5. The average Bonchev–Trinajstić information content (AvgIpc) is 3.55. The third kappa shape index (κ3) is 7.25. The maximum Gasteiger partial charge on any atom is 0.318 e. The molecule has 2 fully saturated rings. The van der Waals surface area contributed by atoms with Crippen LogP contribution in [0.4, 0.5) is 11.5 Å². The molecule has 0 saturated carbocycles. The molecule has 4 heterocycles. The summed E-state index contributed by atoms with van der Waals surface area (Å²) >= 11 is 0. The van der Waals surface area contributed by atoms with Crippen LogP contribution in [0.3, 0.4) is 0 Å². The first-order chi connectivity index (χ1) is 23.9. The van der Waals surface area contributed by atoms with Crippen molar-refractivity contribution in [3.05, 3.63) is 66.4 Å². The summed E-state index contributed by atoms with van der Waals surface area (Å²) in [6.07, 6.45) is 4.41. The van der Waals surface area contributed by atoms with Crippen LogP contribution in [0.25, 0.3) is 10.8 Å². The van der Waals surface area contributed by atoms with Crippen LogP contribution in [-0.4, -0.2) is 103 Å². The Bertz CT molecular complexity index is 1750. The van der Waals surface area contributed by atoms with Gasteiger partial charge >= 0.3 is 6.01 Å². The molecule has 1 amide bonds. The second-order valence-corrected chi connectivity index (χ2v) is 21.3. The summed E-state index contributed by atoms with van der Waals surface area (Å²) in [5.41, 5.74) is 2.90. The van der Waals surface area contributed by atoms with E-state index in [1.54, 1.807) is 4.90 Å². The molecule has 0 spiro atoms. The minimum absolute atomic E-state index is 0.0993. The van der Waals surface area contributed by atoms with Crippen LogP contribution in [-0.2, 0) is 17.8 Å². The quantitative estimate of drug-likeness (QED) is 0.215. The lowest BCUT2D eigenvalue weighted by atomic mass is 10.0. The molecule has 3 aromatic rings. The zero-order valence-electron chi connectivity index (χ0n) is 30.4. The van der Waals surface area contributed by atoms with Crippen LogP contribution in [0.2, 0.25) is 18.1 Å². The molecule has 0 aliphatic carbocycles. The molecule has 50 heavy (non-hydrogen) atoms. The smallest absolute Gasteiger partial charge is 0.318 e. The molecular weight excluding hydrogens is 643 g/mol. The number of amides is 1. The standard InChI is InChI=1S/C39H53N7O3Si/c1-7-35(47)46-23-22-45(24-29(46)17-19-40)37-32-18-21-44(34-16-10-13-28-12-8-9-15-31(28)34)25-33(32)41-38(42-37)49-27-30-14-11-20-43(30)26-36(48)50(5,6)39(2,3)4/h7-10,12-13,15-16,29-30,36,48H,1,11,14,17-18,20-27H2,2-6H3/t29?,30-,36?/m1/s1. The van der Waals surface area contributed by atoms with Crippen LogP contribution in [0.15, 0.2) is 55.1 Å². The van der Waals surface area contributed by atoms with Gasteiger partial charge < -0.3 is 24.5 Å². The van der Waals surface area contributed by atoms with Crippen LogP contribution in [0.1, 0.15) is 51.3 Å². The maximum atomic E-state index is 12.7. The van der Waals surface area contributed by atoms with E-state index in [4.69, 9.17) is 14.7 Å². The van der Waals surface area contributed by atoms with Crippen molar-refractivity contribution in [2.24, 2.45) is 0 Å². The van der Waals surface area contributed by atoms with Crippen molar-refractivity contribution in [3.63, 3.8) is 0 Å². The van der Waals surface area contributed by atoms with Crippen molar-refractivity contribution in [1.29, 1.82) is 5.26 Å². The highest BCUT2D eigenvalue weighted by molar-refractivity contribution is 6.81. The normalized spacial score (nSPS) is 20.8. The van der Waals surface area contributed by atoms with E-state index in [9.17, 15) is 15.2 Å². The Morgan fingerprint density at radius 3 is 2.64 bits per heavy atom. The number of piperazine rings is 1. The van der Waals surface area contributed by atoms with Crippen molar-refractivity contribution in [1.82, 2.24) is 19.8 Å². The van der Waals surface area contributed by atoms with Crippen molar-refractivity contribution in [3.8, 4) is 12.1 Å². The van der Waals surface area contributed by atoms with Gasteiger partial charge in [0.25, 0.3) is 0 Å². The lowest BCUT2D eigenvalue weighted by molar-refractivity contribution is -0.128. The van der Waals surface area contributed by atoms with Crippen LogP contribution in [0, 0.1) is 11.3 Å². The van der Waals surface area contributed by atoms with Crippen LogP contribution >= 0.6 is 0 Å². The first-order valence-electron chi connectivity index (χ1n) is 18.1. The van der Waals surface area contributed by atoms with Gasteiger partial charge in [-0.1, -0.05) is 76.8 Å². The number of fused-ring (bicyclic) bond motifs is 2. The van der Waals surface area contributed by atoms with Gasteiger partial charge in [0.2, 0.25) is 5.91 Å². The van der Waals surface area contributed by atoms with E-state index in [0.29, 0.717) is 45.3 Å². The molecule has 11 heteroatoms. The molecule has 2 saturated heterocycles. The summed E-state index contributed by atoms with van der Waals surface area (Å²) in [7, 11) is -1.93. The van der Waals surface area contributed by atoms with Gasteiger partial charge in [0, 0.05) is 55.4 Å². The van der Waals surface area contributed by atoms with E-state index in [1.807, 2.05) is 0 Å². The molecule has 266 valence electrons. The number of aliphatic hydroxyl groups is 1. The number of carbonyl (C=O) groups is 1. The number of benzene rings is 2. The van der Waals surface area contributed by atoms with E-state index >= 15 is 0 Å². The highest BCUT2D eigenvalue weighted by Gasteiger charge is 2.43. The third-order valence-corrected chi connectivity index (χ3v) is 17.5. The van der Waals surface area contributed by atoms with Crippen molar-refractivity contribution in [2.45, 2.75) is 88.9 Å².